The molecular formula is C10H14O3. The zero-order valence-electron chi connectivity index (χ0n) is 8.00. The van der Waals surface area contributed by atoms with Gasteiger partial charge >= 0.3 is 5.97 Å². The van der Waals surface area contributed by atoms with Crippen molar-refractivity contribution >= 4 is 5.97 Å². The Labute approximate surface area is 78.0 Å². The van der Waals surface area contributed by atoms with Crippen molar-refractivity contribution in [1.29, 1.82) is 0 Å². The molecule has 3 nitrogen and oxygen atoms in total. The SMILES string of the molecule is C=C(C)C(=C)OC1C(=O)OCC1C. The highest BCUT2D eigenvalue weighted by atomic mass is 16.6. The van der Waals surface area contributed by atoms with Crippen LogP contribution < -0.4 is 0 Å². The van der Waals surface area contributed by atoms with E-state index in [4.69, 9.17) is 9.47 Å². The maximum atomic E-state index is 11.1. The third-order valence-corrected chi connectivity index (χ3v) is 1.98. The summed E-state index contributed by atoms with van der Waals surface area (Å²) >= 11 is 0. The van der Waals surface area contributed by atoms with E-state index in [1.54, 1.807) is 6.92 Å². The van der Waals surface area contributed by atoms with E-state index >= 15 is 0 Å². The number of rotatable bonds is 3. The lowest BCUT2D eigenvalue weighted by Crippen LogP contribution is -2.24. The number of carbonyl (C=O) groups is 1. The van der Waals surface area contributed by atoms with E-state index < -0.39 is 6.10 Å². The second kappa shape index (κ2) is 3.64. The zero-order chi connectivity index (χ0) is 10.0. The number of cyclic esters (lactones) is 1. The van der Waals surface area contributed by atoms with Crippen molar-refractivity contribution in [2.24, 2.45) is 5.92 Å². The maximum absolute atomic E-state index is 11.1. The highest BCUT2D eigenvalue weighted by Crippen LogP contribution is 2.21. The van der Waals surface area contributed by atoms with Gasteiger partial charge in [0.25, 0.3) is 0 Å². The Morgan fingerprint density at radius 2 is 2.23 bits per heavy atom. The summed E-state index contributed by atoms with van der Waals surface area (Å²) in [6, 6.07) is 0. The molecule has 0 aliphatic carbocycles. The largest absolute Gasteiger partial charge is 0.479 e. The second-order valence-corrected chi connectivity index (χ2v) is 3.35. The summed E-state index contributed by atoms with van der Waals surface area (Å²) in [5.74, 6) is 0.231. The molecule has 3 heteroatoms. The van der Waals surface area contributed by atoms with Crippen LogP contribution in [0.5, 0.6) is 0 Å². The Balaban J connectivity index is 2.57. The van der Waals surface area contributed by atoms with Gasteiger partial charge in [-0.3, -0.25) is 0 Å². The van der Waals surface area contributed by atoms with E-state index in [0.717, 1.165) is 5.57 Å². The molecule has 72 valence electrons. The van der Waals surface area contributed by atoms with Crippen LogP contribution in [-0.2, 0) is 14.3 Å². The fraction of sp³-hybridized carbons (Fsp3) is 0.500. The monoisotopic (exact) mass is 182 g/mol. The highest BCUT2D eigenvalue weighted by Gasteiger charge is 2.35. The number of esters is 1. The number of allylic oxidation sites excluding steroid dienone is 1. The third kappa shape index (κ3) is 2.11. The molecule has 0 amide bonds. The summed E-state index contributed by atoms with van der Waals surface area (Å²) in [5, 5.41) is 0. The molecule has 0 spiro atoms. The standard InChI is InChI=1S/C10H14O3/c1-6(2)8(4)13-9-7(3)5-12-10(9)11/h7,9H,1,4-5H2,2-3H3. The molecule has 1 saturated heterocycles. The van der Waals surface area contributed by atoms with Crippen molar-refractivity contribution in [3.05, 3.63) is 24.5 Å². The molecule has 0 aromatic heterocycles. The first kappa shape index (κ1) is 9.84. The quantitative estimate of drug-likeness (QED) is 0.378. The van der Waals surface area contributed by atoms with Crippen molar-refractivity contribution in [2.75, 3.05) is 6.61 Å². The molecule has 1 aliphatic heterocycles. The van der Waals surface area contributed by atoms with Crippen molar-refractivity contribution in [3.63, 3.8) is 0 Å². The molecule has 0 bridgehead atoms. The fourth-order valence-corrected chi connectivity index (χ4v) is 1.03. The number of carbonyl (C=O) groups excluding carboxylic acids is 1. The third-order valence-electron chi connectivity index (χ3n) is 1.98. The van der Waals surface area contributed by atoms with Gasteiger partial charge in [-0.2, -0.15) is 0 Å². The van der Waals surface area contributed by atoms with Gasteiger partial charge in [0.15, 0.2) is 0 Å². The van der Waals surface area contributed by atoms with Gasteiger partial charge in [0.2, 0.25) is 6.10 Å². The lowest BCUT2D eigenvalue weighted by Gasteiger charge is -2.15. The summed E-state index contributed by atoms with van der Waals surface area (Å²) in [6.45, 7) is 11.4. The van der Waals surface area contributed by atoms with Crippen molar-refractivity contribution in [3.8, 4) is 0 Å². The molecule has 1 heterocycles. The van der Waals surface area contributed by atoms with Gasteiger partial charge in [0, 0.05) is 5.92 Å². The lowest BCUT2D eigenvalue weighted by atomic mass is 10.1. The van der Waals surface area contributed by atoms with Crippen LogP contribution in [-0.4, -0.2) is 18.7 Å². The average molecular weight is 182 g/mol. The molecule has 2 unspecified atom stereocenters. The predicted octanol–water partition coefficient (Wildman–Crippen LogP) is 1.65. The summed E-state index contributed by atoms with van der Waals surface area (Å²) in [7, 11) is 0. The second-order valence-electron chi connectivity index (χ2n) is 3.35. The molecule has 0 N–H and O–H groups in total. The van der Waals surface area contributed by atoms with Gasteiger partial charge in [-0.05, 0) is 12.5 Å². The fourth-order valence-electron chi connectivity index (χ4n) is 1.03. The molecule has 1 fully saturated rings. The molecule has 0 radical (unpaired) electrons. The molecule has 0 aromatic rings. The normalized spacial score (nSPS) is 26.8. The van der Waals surface area contributed by atoms with Crippen LogP contribution in [0, 0.1) is 5.92 Å². The van der Waals surface area contributed by atoms with Crippen molar-refractivity contribution < 1.29 is 14.3 Å². The van der Waals surface area contributed by atoms with Crippen LogP contribution in [0.25, 0.3) is 0 Å². The van der Waals surface area contributed by atoms with Crippen LogP contribution in [0.1, 0.15) is 13.8 Å². The minimum absolute atomic E-state index is 0.0867. The summed E-state index contributed by atoms with van der Waals surface area (Å²) in [6.07, 6.45) is -0.510. The summed E-state index contributed by atoms with van der Waals surface area (Å²) in [4.78, 5) is 11.1. The Hall–Kier alpha value is -1.25. The number of hydrogen-bond donors (Lipinski definition) is 0. The van der Waals surface area contributed by atoms with Crippen LogP contribution in [0.4, 0.5) is 0 Å². The average Bonchev–Trinajstić information content (AvgIpc) is 2.35. The smallest absolute Gasteiger partial charge is 0.347 e. The Morgan fingerprint density at radius 3 is 2.62 bits per heavy atom. The van der Waals surface area contributed by atoms with Gasteiger partial charge in [-0.15, -0.1) is 0 Å². The van der Waals surface area contributed by atoms with Gasteiger partial charge in [0.05, 0.1) is 6.61 Å². The van der Waals surface area contributed by atoms with Gasteiger partial charge in [-0.25, -0.2) is 4.79 Å². The Kier molecular flexibility index (Phi) is 2.76. The van der Waals surface area contributed by atoms with Crippen molar-refractivity contribution in [2.45, 2.75) is 20.0 Å². The topological polar surface area (TPSA) is 35.5 Å². The molecule has 1 rings (SSSR count). The van der Waals surface area contributed by atoms with E-state index in [9.17, 15) is 4.79 Å². The molecular weight excluding hydrogens is 168 g/mol. The van der Waals surface area contributed by atoms with Gasteiger partial charge in [0.1, 0.15) is 5.76 Å². The lowest BCUT2D eigenvalue weighted by molar-refractivity contribution is -0.145. The van der Waals surface area contributed by atoms with Gasteiger partial charge in [-0.1, -0.05) is 20.1 Å². The first-order valence-electron chi connectivity index (χ1n) is 4.20. The van der Waals surface area contributed by atoms with Crippen LogP contribution in [0.15, 0.2) is 24.5 Å². The van der Waals surface area contributed by atoms with E-state index in [1.165, 1.54) is 0 Å². The molecule has 13 heavy (non-hydrogen) atoms. The number of hydrogen-bond acceptors (Lipinski definition) is 3. The van der Waals surface area contributed by atoms with Crippen LogP contribution >= 0.6 is 0 Å². The van der Waals surface area contributed by atoms with E-state index in [0.29, 0.717) is 12.4 Å². The molecule has 1 aliphatic rings. The first-order chi connectivity index (χ1) is 6.02. The van der Waals surface area contributed by atoms with E-state index in [1.807, 2.05) is 6.92 Å². The summed E-state index contributed by atoms with van der Waals surface area (Å²) < 4.78 is 10.2. The predicted molar refractivity (Wildman–Crippen MR) is 49.0 cm³/mol. The minimum Gasteiger partial charge on any atom is -0.479 e. The van der Waals surface area contributed by atoms with Crippen LogP contribution in [0.2, 0.25) is 0 Å². The zero-order valence-corrected chi connectivity index (χ0v) is 8.00. The van der Waals surface area contributed by atoms with E-state index in [-0.39, 0.29) is 11.9 Å². The Morgan fingerprint density at radius 1 is 1.62 bits per heavy atom. The molecule has 2 atom stereocenters. The first-order valence-corrected chi connectivity index (χ1v) is 4.20. The summed E-state index contributed by atoms with van der Waals surface area (Å²) in [5.41, 5.74) is 0.729. The number of ether oxygens (including phenoxy) is 2. The molecule has 0 saturated carbocycles. The van der Waals surface area contributed by atoms with E-state index in [2.05, 4.69) is 13.2 Å². The van der Waals surface area contributed by atoms with Crippen LogP contribution in [0.3, 0.4) is 0 Å². The Bertz CT molecular complexity index is 255. The highest BCUT2D eigenvalue weighted by molar-refractivity contribution is 5.77. The van der Waals surface area contributed by atoms with Crippen molar-refractivity contribution in [1.82, 2.24) is 0 Å². The van der Waals surface area contributed by atoms with Gasteiger partial charge < -0.3 is 9.47 Å². The molecule has 0 aromatic carbocycles. The minimum atomic E-state index is -0.510. The maximum Gasteiger partial charge on any atom is 0.347 e.